The Balaban J connectivity index is 1.63. The number of carbonyl (C=O) groups is 2. The number of nitrogens with zero attached hydrogens (tertiary/aromatic N) is 3. The average Bonchev–Trinajstić information content (AvgIpc) is 3.10. The molecule has 1 N–H and O–H groups in total. The molecule has 23 heavy (non-hydrogen) atoms. The van der Waals surface area contributed by atoms with Gasteiger partial charge in [-0.3, -0.25) is 9.59 Å². The second-order valence-corrected chi connectivity index (χ2v) is 8.33. The fourth-order valence-electron chi connectivity index (χ4n) is 2.48. The van der Waals surface area contributed by atoms with Crippen LogP contribution in [0.15, 0.2) is 26.8 Å². The summed E-state index contributed by atoms with van der Waals surface area (Å²) in [6, 6.07) is 3.28. The molecule has 0 aliphatic carbocycles. The Labute approximate surface area is 137 Å². The van der Waals surface area contributed by atoms with Crippen molar-refractivity contribution in [2.45, 2.75) is 17.1 Å². The Morgan fingerprint density at radius 1 is 1.22 bits per heavy atom. The molecule has 0 unspecified atom stereocenters. The Bertz CT molecular complexity index is 734. The zero-order valence-corrected chi connectivity index (χ0v) is 13.9. The van der Waals surface area contributed by atoms with Crippen LogP contribution in [0.5, 0.6) is 0 Å². The molecule has 3 heterocycles. The number of rotatable bonds is 3. The Kier molecular flexibility index (Phi) is 4.46. The highest BCUT2D eigenvalue weighted by atomic mass is 32.2. The average molecular weight is 356 g/mol. The van der Waals surface area contributed by atoms with E-state index in [1.807, 2.05) is 0 Å². The third-order valence-electron chi connectivity index (χ3n) is 3.77. The summed E-state index contributed by atoms with van der Waals surface area (Å²) < 4.78 is 26.6. The highest BCUT2D eigenvalue weighted by molar-refractivity contribution is 7.91. The fourth-order valence-corrected chi connectivity index (χ4v) is 5.05. The maximum atomic E-state index is 12.4. The van der Waals surface area contributed by atoms with Crippen LogP contribution in [0.2, 0.25) is 0 Å². The largest absolute Gasteiger partial charge is 0.335 e. The minimum Gasteiger partial charge on any atom is -0.335 e. The quantitative estimate of drug-likeness (QED) is 0.814. The SMILES string of the molecule is O=C1CCC(C(=O)N2CCN(S(=O)(=O)c3cccs3)CC2)=NN1. The molecule has 8 nitrogen and oxygen atoms in total. The number of hydrogen-bond donors (Lipinski definition) is 1. The Morgan fingerprint density at radius 2 is 1.96 bits per heavy atom. The number of thiophene rings is 1. The van der Waals surface area contributed by atoms with Gasteiger partial charge in [0.2, 0.25) is 5.91 Å². The van der Waals surface area contributed by atoms with Crippen molar-refractivity contribution >= 4 is 38.9 Å². The molecule has 124 valence electrons. The van der Waals surface area contributed by atoms with Gasteiger partial charge in [-0.25, -0.2) is 13.8 Å². The number of sulfonamides is 1. The van der Waals surface area contributed by atoms with E-state index in [0.717, 1.165) is 0 Å². The topological polar surface area (TPSA) is 99.2 Å². The molecule has 2 aliphatic rings. The van der Waals surface area contributed by atoms with Crippen LogP contribution in [0, 0.1) is 0 Å². The lowest BCUT2D eigenvalue weighted by atomic mass is 10.1. The van der Waals surface area contributed by atoms with Crippen LogP contribution in [-0.2, 0) is 19.6 Å². The van der Waals surface area contributed by atoms with Crippen LogP contribution in [0.3, 0.4) is 0 Å². The number of hydrazone groups is 1. The molecular weight excluding hydrogens is 340 g/mol. The number of nitrogens with one attached hydrogen (secondary N) is 1. The minimum absolute atomic E-state index is 0.201. The first-order chi connectivity index (χ1) is 11.0. The van der Waals surface area contributed by atoms with Crippen LogP contribution in [0.4, 0.5) is 0 Å². The van der Waals surface area contributed by atoms with E-state index in [0.29, 0.717) is 29.4 Å². The van der Waals surface area contributed by atoms with Gasteiger partial charge in [-0.1, -0.05) is 6.07 Å². The normalized spacial score (nSPS) is 20.1. The van der Waals surface area contributed by atoms with Gasteiger partial charge in [0.1, 0.15) is 9.92 Å². The van der Waals surface area contributed by atoms with Crippen molar-refractivity contribution < 1.29 is 18.0 Å². The maximum absolute atomic E-state index is 12.4. The van der Waals surface area contributed by atoms with Gasteiger partial charge < -0.3 is 4.90 Å². The number of amides is 2. The van der Waals surface area contributed by atoms with E-state index in [1.54, 1.807) is 22.4 Å². The molecule has 1 aromatic rings. The summed E-state index contributed by atoms with van der Waals surface area (Å²) in [5.74, 6) is -0.438. The zero-order valence-electron chi connectivity index (χ0n) is 12.3. The van der Waals surface area contributed by atoms with E-state index in [-0.39, 0.29) is 31.3 Å². The fraction of sp³-hybridized carbons (Fsp3) is 0.462. The molecule has 0 saturated carbocycles. The van der Waals surface area contributed by atoms with Crippen molar-refractivity contribution in [3.8, 4) is 0 Å². The maximum Gasteiger partial charge on any atom is 0.270 e. The lowest BCUT2D eigenvalue weighted by Gasteiger charge is -2.34. The molecule has 2 amide bonds. The van der Waals surface area contributed by atoms with Gasteiger partial charge in [0.15, 0.2) is 0 Å². The molecule has 0 spiro atoms. The molecule has 0 aromatic carbocycles. The molecule has 1 saturated heterocycles. The Morgan fingerprint density at radius 3 is 2.52 bits per heavy atom. The molecule has 10 heteroatoms. The van der Waals surface area contributed by atoms with Crippen molar-refractivity contribution in [1.82, 2.24) is 14.6 Å². The van der Waals surface area contributed by atoms with Gasteiger partial charge in [-0.15, -0.1) is 11.3 Å². The predicted octanol–water partition coefficient (Wildman–Crippen LogP) is -0.153. The summed E-state index contributed by atoms with van der Waals surface area (Å²) in [6.45, 7) is 1.14. The number of carbonyl (C=O) groups excluding carboxylic acids is 2. The zero-order chi connectivity index (χ0) is 16.4. The molecular formula is C13H16N4O4S2. The third kappa shape index (κ3) is 3.28. The summed E-state index contributed by atoms with van der Waals surface area (Å²) in [4.78, 5) is 25.0. The van der Waals surface area contributed by atoms with Gasteiger partial charge in [0.05, 0.1) is 0 Å². The summed E-state index contributed by atoms with van der Waals surface area (Å²) in [7, 11) is -3.47. The second kappa shape index (κ2) is 6.38. The molecule has 2 aliphatic heterocycles. The molecule has 0 radical (unpaired) electrons. The highest BCUT2D eigenvalue weighted by Crippen LogP contribution is 2.22. The van der Waals surface area contributed by atoms with Crippen molar-refractivity contribution in [3.63, 3.8) is 0 Å². The molecule has 3 rings (SSSR count). The monoisotopic (exact) mass is 356 g/mol. The van der Waals surface area contributed by atoms with Gasteiger partial charge in [0, 0.05) is 39.0 Å². The standard InChI is InChI=1S/C13H16N4O4S2/c18-11-4-3-10(14-15-11)13(19)16-5-7-17(8-6-16)23(20,21)12-2-1-9-22-12/h1-2,9H,3-8H2,(H,15,18). The van der Waals surface area contributed by atoms with E-state index in [2.05, 4.69) is 10.5 Å². The van der Waals surface area contributed by atoms with Gasteiger partial charge in [0.25, 0.3) is 15.9 Å². The summed E-state index contributed by atoms with van der Waals surface area (Å²) in [6.07, 6.45) is 0.565. The van der Waals surface area contributed by atoms with E-state index in [4.69, 9.17) is 0 Å². The van der Waals surface area contributed by atoms with Crippen LogP contribution in [0.1, 0.15) is 12.8 Å². The Hall–Kier alpha value is -1.78. The lowest BCUT2D eigenvalue weighted by molar-refractivity contribution is -0.125. The van der Waals surface area contributed by atoms with Gasteiger partial charge in [-0.05, 0) is 11.4 Å². The van der Waals surface area contributed by atoms with E-state index >= 15 is 0 Å². The first-order valence-electron chi connectivity index (χ1n) is 7.17. The van der Waals surface area contributed by atoms with E-state index in [1.165, 1.54) is 15.6 Å². The lowest BCUT2D eigenvalue weighted by Crippen LogP contribution is -2.52. The number of piperazine rings is 1. The van der Waals surface area contributed by atoms with Crippen molar-refractivity contribution in [2.24, 2.45) is 5.10 Å². The van der Waals surface area contributed by atoms with E-state index in [9.17, 15) is 18.0 Å². The van der Waals surface area contributed by atoms with Gasteiger partial charge >= 0.3 is 0 Å². The molecule has 0 bridgehead atoms. The first kappa shape index (κ1) is 16.1. The van der Waals surface area contributed by atoms with Crippen LogP contribution in [0.25, 0.3) is 0 Å². The number of hydrogen-bond acceptors (Lipinski definition) is 6. The van der Waals surface area contributed by atoms with Crippen LogP contribution >= 0.6 is 11.3 Å². The van der Waals surface area contributed by atoms with Crippen molar-refractivity contribution in [3.05, 3.63) is 17.5 Å². The molecule has 0 atom stereocenters. The molecule has 1 aromatic heterocycles. The second-order valence-electron chi connectivity index (χ2n) is 5.22. The first-order valence-corrected chi connectivity index (χ1v) is 9.49. The van der Waals surface area contributed by atoms with E-state index < -0.39 is 10.0 Å². The van der Waals surface area contributed by atoms with Gasteiger partial charge in [-0.2, -0.15) is 9.41 Å². The smallest absolute Gasteiger partial charge is 0.270 e. The predicted molar refractivity (Wildman–Crippen MR) is 84.5 cm³/mol. The summed E-state index contributed by atoms with van der Waals surface area (Å²) in [5, 5.41) is 5.51. The summed E-state index contributed by atoms with van der Waals surface area (Å²) >= 11 is 1.18. The summed E-state index contributed by atoms with van der Waals surface area (Å²) in [5.41, 5.74) is 2.62. The van der Waals surface area contributed by atoms with Crippen LogP contribution < -0.4 is 5.43 Å². The molecule has 1 fully saturated rings. The third-order valence-corrected chi connectivity index (χ3v) is 7.04. The van der Waals surface area contributed by atoms with Crippen LogP contribution in [-0.4, -0.2) is 61.3 Å². The van der Waals surface area contributed by atoms with Crippen molar-refractivity contribution in [2.75, 3.05) is 26.2 Å². The minimum atomic E-state index is -3.47. The highest BCUT2D eigenvalue weighted by Gasteiger charge is 2.32. The van der Waals surface area contributed by atoms with Crippen molar-refractivity contribution in [1.29, 1.82) is 0 Å².